The molecule has 0 spiro atoms. The second-order valence-electron chi connectivity index (χ2n) is 5.30. The van der Waals surface area contributed by atoms with Crippen molar-refractivity contribution in [3.05, 3.63) is 18.7 Å². The van der Waals surface area contributed by atoms with Gasteiger partial charge in [-0.15, -0.1) is 0 Å². The predicted octanol–water partition coefficient (Wildman–Crippen LogP) is 3.29. The van der Waals surface area contributed by atoms with Crippen LogP contribution < -0.4 is 9.46 Å². The van der Waals surface area contributed by atoms with E-state index in [9.17, 15) is 9.46 Å². The van der Waals surface area contributed by atoms with Crippen molar-refractivity contribution >= 4 is 7.82 Å². The van der Waals surface area contributed by atoms with E-state index in [-0.39, 0.29) is 13.2 Å². The van der Waals surface area contributed by atoms with Crippen molar-refractivity contribution in [2.24, 2.45) is 0 Å². The van der Waals surface area contributed by atoms with Gasteiger partial charge in [-0.05, 0) is 32.6 Å². The molecule has 0 aliphatic rings. The molecule has 0 bridgehead atoms. The number of phosphoric acid groups is 1. The Morgan fingerprint density at radius 2 is 1.65 bits per heavy atom. The highest BCUT2D eigenvalue weighted by Crippen LogP contribution is 2.38. The summed E-state index contributed by atoms with van der Waals surface area (Å²) in [5.74, 6) is 0. The Hall–Kier alpha value is -0.680. The first-order valence-electron chi connectivity index (χ1n) is 8.63. The van der Waals surface area contributed by atoms with Gasteiger partial charge in [-0.1, -0.05) is 27.2 Å². The molecular weight excluding hydrogens is 315 g/mol. The summed E-state index contributed by atoms with van der Waals surface area (Å²) in [6.45, 7) is 10.7. The van der Waals surface area contributed by atoms with Crippen LogP contribution in [0.1, 0.15) is 59.8 Å². The molecule has 0 unspecified atom stereocenters. The zero-order valence-corrected chi connectivity index (χ0v) is 16.0. The largest absolute Gasteiger partial charge is 0.756 e. The van der Waals surface area contributed by atoms with Crippen molar-refractivity contribution in [1.82, 2.24) is 4.57 Å². The molecule has 0 amide bonds. The maximum absolute atomic E-state index is 10.7. The summed E-state index contributed by atoms with van der Waals surface area (Å²) in [4.78, 5) is 10.7. The molecule has 0 fully saturated rings. The molecule has 0 radical (unpaired) electrons. The van der Waals surface area contributed by atoms with Crippen LogP contribution in [0.3, 0.4) is 0 Å². The van der Waals surface area contributed by atoms with Crippen molar-refractivity contribution in [3.63, 3.8) is 0 Å². The molecule has 136 valence electrons. The average Bonchev–Trinajstić information content (AvgIpc) is 3.00. The summed E-state index contributed by atoms with van der Waals surface area (Å²) in [6, 6.07) is 0. The number of rotatable bonds is 11. The molecule has 6 nitrogen and oxygen atoms in total. The minimum Gasteiger partial charge on any atom is -0.756 e. The Kier molecular flexibility index (Phi) is 13.3. The first-order valence-corrected chi connectivity index (χ1v) is 10.1. The van der Waals surface area contributed by atoms with Crippen LogP contribution in [0.4, 0.5) is 0 Å². The fourth-order valence-corrected chi connectivity index (χ4v) is 2.63. The number of aryl methyl sites for hydroxylation is 2. The second kappa shape index (κ2) is 13.7. The van der Waals surface area contributed by atoms with E-state index in [4.69, 9.17) is 0 Å². The Morgan fingerprint density at radius 3 is 2.09 bits per heavy atom. The smallest absolute Gasteiger partial charge is 0.267 e. The van der Waals surface area contributed by atoms with Crippen molar-refractivity contribution in [3.8, 4) is 0 Å². The number of imidazole rings is 1. The van der Waals surface area contributed by atoms with Crippen LogP contribution in [-0.2, 0) is 26.7 Å². The molecule has 1 heterocycles. The summed E-state index contributed by atoms with van der Waals surface area (Å²) < 4.78 is 24.1. The molecule has 0 N–H and O–H groups in total. The van der Waals surface area contributed by atoms with Crippen LogP contribution >= 0.6 is 7.82 Å². The second-order valence-corrected chi connectivity index (χ2v) is 6.71. The molecule has 7 heteroatoms. The molecule has 0 saturated carbocycles. The summed E-state index contributed by atoms with van der Waals surface area (Å²) in [5.41, 5.74) is 0. The molecule has 0 aliphatic carbocycles. The van der Waals surface area contributed by atoms with E-state index in [1.807, 2.05) is 13.8 Å². The highest BCUT2D eigenvalue weighted by molar-refractivity contribution is 7.45. The molecule has 1 rings (SSSR count). The third-order valence-electron chi connectivity index (χ3n) is 3.04. The fraction of sp³-hybridized carbons (Fsp3) is 0.812. The average molecular weight is 348 g/mol. The van der Waals surface area contributed by atoms with Crippen LogP contribution in [-0.4, -0.2) is 17.8 Å². The van der Waals surface area contributed by atoms with Gasteiger partial charge in [0.15, 0.2) is 0 Å². The van der Waals surface area contributed by atoms with E-state index in [0.29, 0.717) is 12.8 Å². The van der Waals surface area contributed by atoms with Crippen molar-refractivity contribution < 1.29 is 23.1 Å². The van der Waals surface area contributed by atoms with E-state index in [0.717, 1.165) is 6.54 Å². The van der Waals surface area contributed by atoms with E-state index in [2.05, 4.69) is 50.8 Å². The normalized spacial score (nSPS) is 11.2. The van der Waals surface area contributed by atoms with Crippen molar-refractivity contribution in [2.45, 2.75) is 72.9 Å². The molecule has 23 heavy (non-hydrogen) atoms. The zero-order chi connectivity index (χ0) is 17.6. The van der Waals surface area contributed by atoms with Gasteiger partial charge in [-0.25, -0.2) is 9.13 Å². The number of hydrogen-bond donors (Lipinski definition) is 0. The molecule has 1 aromatic heterocycles. The predicted molar refractivity (Wildman–Crippen MR) is 89.9 cm³/mol. The molecule has 1 aromatic rings. The summed E-state index contributed by atoms with van der Waals surface area (Å²) in [7, 11) is -3.98. The monoisotopic (exact) mass is 348 g/mol. The summed E-state index contributed by atoms with van der Waals surface area (Å²) in [5, 5.41) is 0. The Labute approximate surface area is 141 Å². The Balaban J connectivity index is 0.000000423. The van der Waals surface area contributed by atoms with Gasteiger partial charge >= 0.3 is 0 Å². The maximum Gasteiger partial charge on any atom is 0.267 e. The molecule has 0 aliphatic heterocycles. The van der Waals surface area contributed by atoms with Crippen molar-refractivity contribution in [2.75, 3.05) is 13.2 Å². The van der Waals surface area contributed by atoms with E-state index in [1.54, 1.807) is 0 Å². The van der Waals surface area contributed by atoms with Gasteiger partial charge < -0.3 is 13.9 Å². The minimum atomic E-state index is -3.98. The Morgan fingerprint density at radius 1 is 1.04 bits per heavy atom. The summed E-state index contributed by atoms with van der Waals surface area (Å²) >= 11 is 0. The first-order chi connectivity index (χ1) is 11.0. The molecular formula is C16H33N2O4P. The molecule has 0 aromatic carbocycles. The number of hydrogen-bond acceptors (Lipinski definition) is 4. The number of phosphoric ester groups is 1. The quantitative estimate of drug-likeness (QED) is 0.350. The highest BCUT2D eigenvalue weighted by atomic mass is 31.2. The lowest BCUT2D eigenvalue weighted by Gasteiger charge is -2.21. The molecule has 0 atom stereocenters. The standard InChI is InChI=1S/C10H19N2.C6H15O4P/c1-3-5-6-7-12-9-8-11(4-2)10-12;1-3-5-9-11(7,8)10-6-4-2/h8-10H,3-7H2,1-2H3;3-6H2,1-2H3,(H,7,8)/q+1;/p-1. The van der Waals surface area contributed by atoms with Crippen LogP contribution in [0.15, 0.2) is 18.7 Å². The third-order valence-corrected chi connectivity index (χ3v) is 4.04. The van der Waals surface area contributed by atoms with E-state index in [1.165, 1.54) is 25.8 Å². The molecule has 0 saturated heterocycles. The lowest BCUT2D eigenvalue weighted by Crippen LogP contribution is -2.30. The van der Waals surface area contributed by atoms with Gasteiger partial charge in [-0.2, -0.15) is 0 Å². The zero-order valence-electron chi connectivity index (χ0n) is 15.1. The fourth-order valence-electron chi connectivity index (χ4n) is 1.75. The third kappa shape index (κ3) is 12.4. The summed E-state index contributed by atoms with van der Waals surface area (Å²) in [6.07, 6.45) is 11.7. The van der Waals surface area contributed by atoms with Gasteiger partial charge in [0.05, 0.1) is 26.3 Å². The number of unbranched alkanes of at least 4 members (excludes halogenated alkanes) is 2. The highest BCUT2D eigenvalue weighted by Gasteiger charge is 2.06. The van der Waals surface area contributed by atoms with Gasteiger partial charge in [0.1, 0.15) is 12.4 Å². The van der Waals surface area contributed by atoms with Crippen LogP contribution in [0.5, 0.6) is 0 Å². The topological polar surface area (TPSA) is 67.4 Å². The first kappa shape index (κ1) is 22.3. The van der Waals surface area contributed by atoms with Gasteiger partial charge in [-0.3, -0.25) is 4.57 Å². The van der Waals surface area contributed by atoms with E-state index >= 15 is 0 Å². The van der Waals surface area contributed by atoms with Crippen LogP contribution in [0.2, 0.25) is 0 Å². The SMILES string of the molecule is CCCCC[n+]1ccn(CC)c1.CCCOP(=O)([O-])OCCC. The van der Waals surface area contributed by atoms with Crippen LogP contribution in [0.25, 0.3) is 0 Å². The van der Waals surface area contributed by atoms with Crippen molar-refractivity contribution in [1.29, 1.82) is 0 Å². The number of aromatic nitrogens is 2. The lowest BCUT2D eigenvalue weighted by molar-refractivity contribution is -0.696. The van der Waals surface area contributed by atoms with E-state index < -0.39 is 7.82 Å². The lowest BCUT2D eigenvalue weighted by atomic mass is 10.2. The van der Waals surface area contributed by atoms with Gasteiger partial charge in [0.25, 0.3) is 7.82 Å². The van der Waals surface area contributed by atoms with Gasteiger partial charge in [0, 0.05) is 0 Å². The Bertz CT molecular complexity index is 425. The minimum absolute atomic E-state index is 0.199. The number of nitrogens with zero attached hydrogens (tertiary/aromatic N) is 2. The maximum atomic E-state index is 10.7. The van der Waals surface area contributed by atoms with Crippen LogP contribution in [0, 0.1) is 0 Å². The van der Waals surface area contributed by atoms with Gasteiger partial charge in [0.2, 0.25) is 6.33 Å².